The van der Waals surface area contributed by atoms with Crippen molar-refractivity contribution in [2.24, 2.45) is 0 Å². The fourth-order valence-electron chi connectivity index (χ4n) is 3.81. The molecule has 0 spiro atoms. The zero-order valence-corrected chi connectivity index (χ0v) is 17.8. The maximum atomic E-state index is 3.01. The molecule has 0 rings (SSSR count). The van der Waals surface area contributed by atoms with Crippen molar-refractivity contribution in [1.82, 2.24) is 0 Å². The molecule has 0 aliphatic heterocycles. The zero-order valence-electron chi connectivity index (χ0n) is 14.7. The fraction of sp³-hybridized carbons (Fsp3) is 1.00. The Bertz CT molecular complexity index is 208. The first-order chi connectivity index (χ1) is 9.54. The van der Waals surface area contributed by atoms with Crippen LogP contribution in [0.2, 0.25) is 0 Å². The van der Waals surface area contributed by atoms with E-state index in [4.69, 9.17) is 0 Å². The predicted octanol–water partition coefficient (Wildman–Crippen LogP) is 7.87. The summed E-state index contributed by atoms with van der Waals surface area (Å²) in [4.78, 5) is 0. The van der Waals surface area contributed by atoms with Crippen molar-refractivity contribution in [3.8, 4) is 0 Å². The number of hydrogen-bond acceptors (Lipinski definition) is 0. The SMILES string of the molecule is CCCCCCCCCP(I)(CCC)(CCC)CCC. The number of unbranched alkanes of at least 4 members (excludes halogenated alkanes) is 6. The van der Waals surface area contributed by atoms with Crippen LogP contribution in [0.25, 0.3) is 0 Å². The van der Waals surface area contributed by atoms with Crippen LogP contribution in [0, 0.1) is 0 Å². The summed E-state index contributed by atoms with van der Waals surface area (Å²) in [5, 5.41) is 0. The Kier molecular flexibility index (Phi) is 12.4. The molecule has 0 unspecified atom stereocenters. The summed E-state index contributed by atoms with van der Waals surface area (Å²) in [7, 11) is 0. The van der Waals surface area contributed by atoms with Gasteiger partial charge in [-0.1, -0.05) is 0 Å². The standard InChI is InChI=1S/C18H40IP/c1-5-9-10-11-12-13-14-18-20(19,15-6-2,16-7-3)17-8-4/h5-18H2,1-4H3. The van der Waals surface area contributed by atoms with Gasteiger partial charge in [0.15, 0.2) is 0 Å². The van der Waals surface area contributed by atoms with Gasteiger partial charge in [0, 0.05) is 0 Å². The molecule has 0 fully saturated rings. The zero-order chi connectivity index (χ0) is 15.3. The summed E-state index contributed by atoms with van der Waals surface area (Å²) >= 11 is 3.01. The molecule has 0 amide bonds. The molecule has 0 saturated carbocycles. The van der Waals surface area contributed by atoms with Crippen molar-refractivity contribution in [1.29, 1.82) is 0 Å². The van der Waals surface area contributed by atoms with Crippen LogP contribution < -0.4 is 0 Å². The Morgan fingerprint density at radius 2 is 0.900 bits per heavy atom. The summed E-state index contributed by atoms with van der Waals surface area (Å²) in [5.41, 5.74) is 0. The second-order valence-electron chi connectivity index (χ2n) is 6.84. The number of halogens is 1. The Labute approximate surface area is 142 Å². The van der Waals surface area contributed by atoms with Crippen molar-refractivity contribution in [2.45, 2.75) is 91.9 Å². The van der Waals surface area contributed by atoms with Crippen LogP contribution in [-0.2, 0) is 0 Å². The van der Waals surface area contributed by atoms with Gasteiger partial charge >= 0.3 is 143 Å². The maximum absolute atomic E-state index is 3.01. The molecule has 0 aromatic rings. The van der Waals surface area contributed by atoms with Gasteiger partial charge in [0.25, 0.3) is 0 Å². The van der Waals surface area contributed by atoms with Crippen LogP contribution in [-0.4, -0.2) is 24.6 Å². The molecule has 0 saturated heterocycles. The van der Waals surface area contributed by atoms with Gasteiger partial charge in [-0.25, -0.2) is 0 Å². The van der Waals surface area contributed by atoms with Crippen LogP contribution >= 0.6 is 26.3 Å². The van der Waals surface area contributed by atoms with Crippen LogP contribution in [0.4, 0.5) is 0 Å². The minimum atomic E-state index is -1.38. The monoisotopic (exact) mass is 414 g/mol. The molecule has 2 heteroatoms. The van der Waals surface area contributed by atoms with Crippen LogP contribution in [0.3, 0.4) is 0 Å². The molecule has 0 nitrogen and oxygen atoms in total. The first kappa shape index (κ1) is 21.2. The van der Waals surface area contributed by atoms with E-state index in [1.54, 1.807) is 24.6 Å². The third-order valence-electron chi connectivity index (χ3n) is 4.67. The van der Waals surface area contributed by atoms with Gasteiger partial charge in [0.05, 0.1) is 0 Å². The number of rotatable bonds is 14. The summed E-state index contributed by atoms with van der Waals surface area (Å²) in [5.74, 6) is 0. The summed E-state index contributed by atoms with van der Waals surface area (Å²) in [6, 6.07) is 0. The Morgan fingerprint density at radius 3 is 1.30 bits per heavy atom. The molecule has 0 heterocycles. The van der Waals surface area contributed by atoms with Crippen molar-refractivity contribution >= 4 is 26.3 Å². The quantitative estimate of drug-likeness (QED) is 0.154. The summed E-state index contributed by atoms with van der Waals surface area (Å²) in [6.07, 6.45) is 20.6. The van der Waals surface area contributed by atoms with Crippen LogP contribution in [0.5, 0.6) is 0 Å². The van der Waals surface area contributed by atoms with Gasteiger partial charge in [0.1, 0.15) is 0 Å². The van der Waals surface area contributed by atoms with E-state index >= 15 is 0 Å². The van der Waals surface area contributed by atoms with Crippen molar-refractivity contribution in [2.75, 3.05) is 24.6 Å². The minimum absolute atomic E-state index is 1.37. The Hall–Kier alpha value is 1.16. The van der Waals surface area contributed by atoms with Crippen molar-refractivity contribution in [3.05, 3.63) is 0 Å². The second-order valence-corrected chi connectivity index (χ2v) is 20.5. The third kappa shape index (κ3) is 8.57. The molecule has 0 aromatic heterocycles. The van der Waals surface area contributed by atoms with Gasteiger partial charge < -0.3 is 0 Å². The van der Waals surface area contributed by atoms with E-state index in [2.05, 4.69) is 49.7 Å². The van der Waals surface area contributed by atoms with Gasteiger partial charge in [-0.2, -0.15) is 0 Å². The Morgan fingerprint density at radius 1 is 0.500 bits per heavy atom. The second kappa shape index (κ2) is 11.7. The fourth-order valence-corrected chi connectivity index (χ4v) is 14.9. The third-order valence-corrected chi connectivity index (χ3v) is 16.6. The van der Waals surface area contributed by atoms with E-state index in [0.717, 1.165) is 0 Å². The van der Waals surface area contributed by atoms with E-state index in [1.165, 1.54) is 64.2 Å². The first-order valence-electron chi connectivity index (χ1n) is 9.26. The average molecular weight is 414 g/mol. The molecule has 20 heavy (non-hydrogen) atoms. The number of hydrogen-bond donors (Lipinski definition) is 0. The van der Waals surface area contributed by atoms with E-state index in [-0.39, 0.29) is 0 Å². The van der Waals surface area contributed by atoms with Gasteiger partial charge in [-0.15, -0.1) is 0 Å². The average Bonchev–Trinajstić information content (AvgIpc) is 2.38. The molecule has 0 N–H and O–H groups in total. The van der Waals surface area contributed by atoms with Gasteiger partial charge in [-0.05, 0) is 0 Å². The summed E-state index contributed by atoms with van der Waals surface area (Å²) < 4.78 is -1.38. The summed E-state index contributed by atoms with van der Waals surface area (Å²) in [6.45, 7) is 9.50. The van der Waals surface area contributed by atoms with Crippen LogP contribution in [0.15, 0.2) is 0 Å². The molecular weight excluding hydrogens is 374 g/mol. The molecule has 124 valence electrons. The van der Waals surface area contributed by atoms with E-state index in [0.29, 0.717) is 0 Å². The van der Waals surface area contributed by atoms with E-state index < -0.39 is 4.25 Å². The topological polar surface area (TPSA) is 0 Å². The van der Waals surface area contributed by atoms with E-state index in [1.807, 2.05) is 0 Å². The molecule has 0 radical (unpaired) electrons. The predicted molar refractivity (Wildman–Crippen MR) is 109 cm³/mol. The van der Waals surface area contributed by atoms with Gasteiger partial charge in [0.2, 0.25) is 0 Å². The van der Waals surface area contributed by atoms with Gasteiger partial charge in [-0.3, -0.25) is 0 Å². The normalized spacial score (nSPS) is 14.2. The van der Waals surface area contributed by atoms with Crippen LogP contribution in [0.1, 0.15) is 91.9 Å². The van der Waals surface area contributed by atoms with E-state index in [9.17, 15) is 0 Å². The molecule has 0 aliphatic rings. The molecule has 0 aliphatic carbocycles. The van der Waals surface area contributed by atoms with Crippen molar-refractivity contribution < 1.29 is 0 Å². The first-order valence-corrected chi connectivity index (χ1v) is 15.0. The van der Waals surface area contributed by atoms with Crippen molar-refractivity contribution in [3.63, 3.8) is 0 Å². The molecule has 0 aromatic carbocycles. The molecule has 0 atom stereocenters. The molecule has 0 bridgehead atoms. The molecular formula is C18H40IP. The Balaban J connectivity index is 4.21.